The van der Waals surface area contributed by atoms with E-state index in [0.717, 1.165) is 36.2 Å². The van der Waals surface area contributed by atoms with Crippen molar-refractivity contribution in [3.63, 3.8) is 0 Å². The number of ketones is 1. The fourth-order valence-corrected chi connectivity index (χ4v) is 11.0. The Hall–Kier alpha value is -0.630. The van der Waals surface area contributed by atoms with Crippen LogP contribution in [0.4, 0.5) is 0 Å². The molecule has 0 bridgehead atoms. The van der Waals surface area contributed by atoms with Gasteiger partial charge in [-0.15, -0.1) is 0 Å². The van der Waals surface area contributed by atoms with Crippen LogP contribution in [0.25, 0.3) is 0 Å². The summed E-state index contributed by atoms with van der Waals surface area (Å²) < 4.78 is 0. The van der Waals surface area contributed by atoms with Crippen LogP contribution in [0.1, 0.15) is 112 Å². The van der Waals surface area contributed by atoms with Crippen LogP contribution in [0, 0.1) is 50.7 Å². The molecule has 5 rings (SSSR count). The third-order valence-electron chi connectivity index (χ3n) is 13.0. The topological polar surface area (TPSA) is 37.3 Å². The zero-order valence-corrected chi connectivity index (χ0v) is 21.7. The molecule has 0 aromatic heterocycles. The van der Waals surface area contributed by atoms with Gasteiger partial charge in [-0.05, 0) is 116 Å². The molecule has 0 saturated heterocycles. The Balaban J connectivity index is 1.39. The van der Waals surface area contributed by atoms with Crippen LogP contribution in [0.3, 0.4) is 0 Å². The molecule has 5 aliphatic rings. The van der Waals surface area contributed by atoms with Gasteiger partial charge in [0.25, 0.3) is 0 Å². The maximum absolute atomic E-state index is 12.8. The van der Waals surface area contributed by atoms with E-state index in [9.17, 15) is 9.90 Å². The standard InChI is InChI=1S/C30H48O2/c1-20(18-31)8-7-9-21(2)22-12-14-28(6)24-11-10-23-26(3,4)25(32)13-15-29(23)19-30(24,29)17-16-27(22,28)5/h8,21-24,31H,7,9-19H2,1-6H3/t21-,22-,23+,24+,27-,28+,29-,30+/m1/s1. The van der Waals surface area contributed by atoms with Gasteiger partial charge in [0.15, 0.2) is 0 Å². The lowest BCUT2D eigenvalue weighted by Gasteiger charge is -2.62. The molecule has 2 heteroatoms. The van der Waals surface area contributed by atoms with E-state index in [1.165, 1.54) is 57.8 Å². The molecule has 8 atom stereocenters. The number of hydrogen-bond donors (Lipinski definition) is 1. The summed E-state index contributed by atoms with van der Waals surface area (Å²) in [6.07, 6.45) is 16.4. The minimum Gasteiger partial charge on any atom is -0.392 e. The number of aliphatic hydroxyl groups excluding tert-OH is 1. The molecule has 0 unspecified atom stereocenters. The summed E-state index contributed by atoms with van der Waals surface area (Å²) >= 11 is 0. The molecule has 2 nitrogen and oxygen atoms in total. The second-order valence-corrected chi connectivity index (χ2v) is 14.1. The summed E-state index contributed by atoms with van der Waals surface area (Å²) in [5, 5.41) is 9.32. The highest BCUT2D eigenvalue weighted by molar-refractivity contribution is 5.86. The van der Waals surface area contributed by atoms with Crippen LogP contribution in [0.5, 0.6) is 0 Å². The predicted molar refractivity (Wildman–Crippen MR) is 131 cm³/mol. The van der Waals surface area contributed by atoms with Gasteiger partial charge in [0.1, 0.15) is 5.78 Å². The highest BCUT2D eigenvalue weighted by Crippen LogP contribution is 2.88. The minimum absolute atomic E-state index is 0.0959. The van der Waals surface area contributed by atoms with Crippen molar-refractivity contribution >= 4 is 5.78 Å². The van der Waals surface area contributed by atoms with Crippen molar-refractivity contribution in [2.45, 2.75) is 112 Å². The zero-order chi connectivity index (χ0) is 23.2. The average Bonchev–Trinajstić information content (AvgIpc) is 3.33. The molecule has 2 spiro atoms. The van der Waals surface area contributed by atoms with E-state index >= 15 is 0 Å². The third kappa shape index (κ3) is 2.71. The van der Waals surface area contributed by atoms with E-state index in [1.807, 2.05) is 6.92 Å². The number of hydrogen-bond acceptors (Lipinski definition) is 2. The molecule has 0 aromatic rings. The van der Waals surface area contributed by atoms with Gasteiger partial charge in [0.05, 0.1) is 6.61 Å². The molecule has 0 aliphatic heterocycles. The van der Waals surface area contributed by atoms with Crippen molar-refractivity contribution in [2.75, 3.05) is 6.61 Å². The largest absolute Gasteiger partial charge is 0.392 e. The van der Waals surface area contributed by atoms with Crippen LogP contribution < -0.4 is 0 Å². The molecule has 0 aromatic carbocycles. The van der Waals surface area contributed by atoms with Gasteiger partial charge in [0, 0.05) is 11.8 Å². The monoisotopic (exact) mass is 440 g/mol. The van der Waals surface area contributed by atoms with E-state index in [-0.39, 0.29) is 12.0 Å². The van der Waals surface area contributed by atoms with Gasteiger partial charge in [-0.1, -0.05) is 46.3 Å². The molecular weight excluding hydrogens is 392 g/mol. The summed E-state index contributed by atoms with van der Waals surface area (Å²) in [5.74, 6) is 3.65. The molecule has 0 heterocycles. The predicted octanol–water partition coefficient (Wildman–Crippen LogP) is 7.35. The molecule has 0 amide bonds. The second-order valence-electron chi connectivity index (χ2n) is 14.1. The maximum Gasteiger partial charge on any atom is 0.138 e. The van der Waals surface area contributed by atoms with Crippen LogP contribution in [0.2, 0.25) is 0 Å². The molecule has 5 fully saturated rings. The van der Waals surface area contributed by atoms with E-state index in [0.29, 0.717) is 33.4 Å². The Morgan fingerprint density at radius 3 is 2.41 bits per heavy atom. The first-order chi connectivity index (χ1) is 15.0. The SMILES string of the molecule is CC(=CCC[C@@H](C)[C@H]1CC[C@@]2(C)[C@@H]3CC[C@H]4C(C)(C)C(=O)CC[C@@]45C[C@@]35CC[C@]12C)CO. The summed E-state index contributed by atoms with van der Waals surface area (Å²) in [4.78, 5) is 12.8. The molecule has 0 radical (unpaired) electrons. The van der Waals surface area contributed by atoms with E-state index < -0.39 is 0 Å². The second kappa shape index (κ2) is 7.19. The summed E-state index contributed by atoms with van der Waals surface area (Å²) in [5.41, 5.74) is 3.01. The van der Waals surface area contributed by atoms with E-state index in [2.05, 4.69) is 40.7 Å². The van der Waals surface area contributed by atoms with Crippen molar-refractivity contribution in [2.24, 2.45) is 50.7 Å². The number of carbonyl (C=O) groups excluding carboxylic acids is 1. The lowest BCUT2D eigenvalue weighted by atomic mass is 9.42. The van der Waals surface area contributed by atoms with Gasteiger partial charge in [-0.3, -0.25) is 4.79 Å². The third-order valence-corrected chi connectivity index (χ3v) is 13.0. The maximum atomic E-state index is 12.8. The smallest absolute Gasteiger partial charge is 0.138 e. The van der Waals surface area contributed by atoms with E-state index in [1.54, 1.807) is 0 Å². The van der Waals surface area contributed by atoms with Crippen LogP contribution >= 0.6 is 0 Å². The number of carbonyl (C=O) groups is 1. The molecular formula is C30H48O2. The van der Waals surface area contributed by atoms with Gasteiger partial charge in [-0.25, -0.2) is 0 Å². The molecule has 5 aliphatic carbocycles. The Morgan fingerprint density at radius 1 is 1.00 bits per heavy atom. The van der Waals surface area contributed by atoms with E-state index in [4.69, 9.17) is 0 Å². The lowest BCUT2D eigenvalue weighted by Crippen LogP contribution is -2.57. The number of Topliss-reactive ketones (excluding diaryl/α,β-unsaturated/α-hetero) is 1. The number of aliphatic hydroxyl groups is 1. The van der Waals surface area contributed by atoms with Gasteiger partial charge >= 0.3 is 0 Å². The fourth-order valence-electron chi connectivity index (χ4n) is 11.0. The molecule has 5 saturated carbocycles. The molecule has 180 valence electrons. The quantitative estimate of drug-likeness (QED) is 0.454. The van der Waals surface area contributed by atoms with Crippen molar-refractivity contribution in [3.8, 4) is 0 Å². The first-order valence-electron chi connectivity index (χ1n) is 13.8. The Kier molecular flexibility index (Phi) is 5.20. The summed E-state index contributed by atoms with van der Waals surface area (Å²) in [6, 6.07) is 0. The van der Waals surface area contributed by atoms with Crippen molar-refractivity contribution in [3.05, 3.63) is 11.6 Å². The highest BCUT2D eigenvalue weighted by Gasteiger charge is 2.82. The average molecular weight is 441 g/mol. The van der Waals surface area contributed by atoms with Crippen molar-refractivity contribution < 1.29 is 9.90 Å². The van der Waals surface area contributed by atoms with Gasteiger partial charge < -0.3 is 5.11 Å². The molecule has 1 N–H and O–H groups in total. The van der Waals surface area contributed by atoms with Gasteiger partial charge in [-0.2, -0.15) is 0 Å². The van der Waals surface area contributed by atoms with Crippen molar-refractivity contribution in [1.29, 1.82) is 0 Å². The number of allylic oxidation sites excluding steroid dienone is 1. The van der Waals surface area contributed by atoms with Gasteiger partial charge in [0.2, 0.25) is 0 Å². The minimum atomic E-state index is -0.0959. The summed E-state index contributed by atoms with van der Waals surface area (Å²) in [7, 11) is 0. The van der Waals surface area contributed by atoms with Crippen molar-refractivity contribution in [1.82, 2.24) is 0 Å². The highest BCUT2D eigenvalue weighted by atomic mass is 16.3. The lowest BCUT2D eigenvalue weighted by molar-refractivity contribution is -0.157. The number of fused-ring (bicyclic) bond motifs is 2. The Labute approximate surface area is 197 Å². The first-order valence-corrected chi connectivity index (χ1v) is 13.8. The fraction of sp³-hybridized carbons (Fsp3) is 0.900. The zero-order valence-electron chi connectivity index (χ0n) is 21.7. The number of rotatable bonds is 5. The van der Waals surface area contributed by atoms with Crippen LogP contribution in [0.15, 0.2) is 11.6 Å². The normalized spacial score (nSPS) is 50.2. The Morgan fingerprint density at radius 2 is 1.69 bits per heavy atom. The van der Waals surface area contributed by atoms with Crippen LogP contribution in [-0.2, 0) is 4.79 Å². The Bertz CT molecular complexity index is 825. The van der Waals surface area contributed by atoms with Crippen LogP contribution in [-0.4, -0.2) is 17.5 Å². The first kappa shape index (κ1) is 23.1. The summed E-state index contributed by atoms with van der Waals surface area (Å²) in [6.45, 7) is 14.7. The molecule has 32 heavy (non-hydrogen) atoms.